The van der Waals surface area contributed by atoms with Crippen LogP contribution >= 0.6 is 0 Å². The fraction of sp³-hybridized carbons (Fsp3) is 0.222. The monoisotopic (exact) mass is 313 g/mol. The Morgan fingerprint density at radius 3 is 2.70 bits per heavy atom. The van der Waals surface area contributed by atoms with E-state index in [1.807, 2.05) is 32.0 Å². The van der Waals surface area contributed by atoms with E-state index in [0.717, 1.165) is 34.0 Å². The number of nitrogens with two attached hydrogens (primary N) is 1. The number of anilines is 1. The number of pyridine rings is 1. The number of hydrogen-bond donors (Lipinski definition) is 2. The molecule has 0 spiro atoms. The van der Waals surface area contributed by atoms with E-state index < -0.39 is 0 Å². The van der Waals surface area contributed by atoms with Crippen LogP contribution in [0.25, 0.3) is 22.0 Å². The first-order chi connectivity index (χ1) is 11.0. The number of carbonyl (C=O) groups is 1. The summed E-state index contributed by atoms with van der Waals surface area (Å²) in [6, 6.07) is 7.24. The van der Waals surface area contributed by atoms with Crippen LogP contribution in [0.2, 0.25) is 0 Å². The largest absolute Gasteiger partial charge is 0.383 e. The fourth-order valence-corrected chi connectivity index (χ4v) is 2.64. The van der Waals surface area contributed by atoms with Crippen LogP contribution in [-0.2, 0) is 11.2 Å². The van der Waals surface area contributed by atoms with Gasteiger partial charge in [0.15, 0.2) is 0 Å². The topological polar surface area (TPSA) is 71.8 Å². The zero-order valence-corrected chi connectivity index (χ0v) is 13.5. The van der Waals surface area contributed by atoms with Gasteiger partial charge in [-0.05, 0) is 50.1 Å². The van der Waals surface area contributed by atoms with Gasteiger partial charge in [-0.2, -0.15) is 0 Å². The number of aryl methyl sites for hydroxylation is 2. The maximum absolute atomic E-state index is 13.9. The summed E-state index contributed by atoms with van der Waals surface area (Å²) in [5.41, 5.74) is 10.3. The second-order valence-electron chi connectivity index (χ2n) is 5.14. The molecule has 4 nitrogen and oxygen atoms in total. The van der Waals surface area contributed by atoms with Crippen molar-refractivity contribution in [1.82, 2.24) is 9.97 Å². The van der Waals surface area contributed by atoms with Gasteiger partial charge in [0.1, 0.15) is 17.9 Å². The molecule has 0 radical (unpaired) electrons. The number of aromatic nitrogens is 2. The molecule has 0 fully saturated rings. The van der Waals surface area contributed by atoms with Gasteiger partial charge in [-0.1, -0.05) is 6.92 Å². The molecule has 0 saturated carbocycles. The lowest BCUT2D eigenvalue weighted by molar-refractivity contribution is -0.106. The number of benzene rings is 1. The average molecular weight is 313 g/mol. The number of rotatable bonds is 2. The van der Waals surface area contributed by atoms with Gasteiger partial charge in [0.25, 0.3) is 0 Å². The summed E-state index contributed by atoms with van der Waals surface area (Å²) in [5.74, 6) is 0.311. The summed E-state index contributed by atoms with van der Waals surface area (Å²) in [6.07, 6.45) is 3.08. The van der Waals surface area contributed by atoms with E-state index in [0.29, 0.717) is 17.8 Å². The molecule has 0 amide bonds. The van der Waals surface area contributed by atoms with Crippen LogP contribution in [0.15, 0.2) is 30.5 Å². The smallest absolute Gasteiger partial charge is 0.131 e. The molecule has 2 heterocycles. The number of aromatic amines is 1. The molecule has 3 aromatic rings. The number of carbonyl (C=O) groups excluding carboxylic acids is 1. The number of nitrogen functional groups attached to an aromatic ring is 1. The standard InChI is InChI=1S/C16H16FN3.C2H4O/c1-3-10-7-12-14(8-13(10)17)20-9(2)15(12)11-5-4-6-19-16(11)18;1-2-3/h4-8,20H,3H2,1-2H3,(H2,18,19);2H,1H3. The van der Waals surface area contributed by atoms with Crippen LogP contribution in [0.5, 0.6) is 0 Å². The molecule has 0 bridgehead atoms. The summed E-state index contributed by atoms with van der Waals surface area (Å²) >= 11 is 0. The second kappa shape index (κ2) is 7.05. The van der Waals surface area contributed by atoms with Crippen molar-refractivity contribution in [2.24, 2.45) is 0 Å². The number of H-pyrrole nitrogens is 1. The Morgan fingerprint density at radius 2 is 2.09 bits per heavy atom. The molecule has 120 valence electrons. The summed E-state index contributed by atoms with van der Waals surface area (Å²) in [5, 5.41) is 0.987. The van der Waals surface area contributed by atoms with Gasteiger partial charge in [-0.25, -0.2) is 9.37 Å². The highest BCUT2D eigenvalue weighted by Crippen LogP contribution is 2.35. The Bertz CT molecular complexity index is 840. The quantitative estimate of drug-likeness (QED) is 0.702. The number of fused-ring (bicyclic) bond motifs is 1. The highest BCUT2D eigenvalue weighted by Gasteiger charge is 2.15. The lowest BCUT2D eigenvalue weighted by atomic mass is 10.0. The molecule has 0 saturated heterocycles. The van der Waals surface area contributed by atoms with Gasteiger partial charge in [-0.15, -0.1) is 0 Å². The third-order valence-electron chi connectivity index (χ3n) is 3.64. The molecule has 0 aliphatic carbocycles. The fourth-order valence-electron chi connectivity index (χ4n) is 2.64. The van der Waals surface area contributed by atoms with Gasteiger partial charge in [-0.3, -0.25) is 0 Å². The molecule has 2 aromatic heterocycles. The van der Waals surface area contributed by atoms with Crippen LogP contribution in [0.3, 0.4) is 0 Å². The summed E-state index contributed by atoms with van der Waals surface area (Å²) in [7, 11) is 0. The Morgan fingerprint density at radius 1 is 1.39 bits per heavy atom. The maximum atomic E-state index is 13.9. The second-order valence-corrected chi connectivity index (χ2v) is 5.14. The maximum Gasteiger partial charge on any atom is 0.131 e. The van der Waals surface area contributed by atoms with E-state index in [2.05, 4.69) is 9.97 Å². The molecular formula is C18H20FN3O. The van der Waals surface area contributed by atoms with E-state index in [1.165, 1.54) is 6.92 Å². The zero-order chi connectivity index (χ0) is 17.0. The predicted molar refractivity (Wildman–Crippen MR) is 91.8 cm³/mol. The van der Waals surface area contributed by atoms with Gasteiger partial charge in [0.05, 0.1) is 0 Å². The molecule has 23 heavy (non-hydrogen) atoms. The van der Waals surface area contributed by atoms with E-state index in [-0.39, 0.29) is 5.82 Å². The summed E-state index contributed by atoms with van der Waals surface area (Å²) < 4.78 is 13.9. The van der Waals surface area contributed by atoms with Gasteiger partial charge in [0, 0.05) is 33.9 Å². The predicted octanol–water partition coefficient (Wildman–Crippen LogP) is 4.03. The minimum Gasteiger partial charge on any atom is -0.383 e. The van der Waals surface area contributed by atoms with Gasteiger partial charge >= 0.3 is 0 Å². The van der Waals surface area contributed by atoms with Crippen LogP contribution in [-0.4, -0.2) is 16.3 Å². The van der Waals surface area contributed by atoms with Crippen molar-refractivity contribution in [2.75, 3.05) is 5.73 Å². The lowest BCUT2D eigenvalue weighted by Gasteiger charge is -2.06. The Hall–Kier alpha value is -2.69. The van der Waals surface area contributed by atoms with Crippen LogP contribution in [0, 0.1) is 12.7 Å². The molecule has 5 heteroatoms. The van der Waals surface area contributed by atoms with Crippen LogP contribution in [0.1, 0.15) is 25.1 Å². The molecule has 0 aliphatic rings. The van der Waals surface area contributed by atoms with Crippen LogP contribution in [0.4, 0.5) is 10.2 Å². The van der Waals surface area contributed by atoms with Gasteiger partial charge in [0.2, 0.25) is 0 Å². The van der Waals surface area contributed by atoms with E-state index in [4.69, 9.17) is 10.5 Å². The summed E-state index contributed by atoms with van der Waals surface area (Å²) in [4.78, 5) is 16.2. The van der Waals surface area contributed by atoms with Crippen molar-refractivity contribution in [2.45, 2.75) is 27.2 Å². The Balaban J connectivity index is 0.000000595. The van der Waals surface area contributed by atoms with Gasteiger partial charge < -0.3 is 15.5 Å². The minimum absolute atomic E-state index is 0.174. The highest BCUT2D eigenvalue weighted by atomic mass is 19.1. The third-order valence-corrected chi connectivity index (χ3v) is 3.64. The third kappa shape index (κ3) is 3.23. The van der Waals surface area contributed by atoms with Crippen LogP contribution < -0.4 is 5.73 Å². The summed E-state index contributed by atoms with van der Waals surface area (Å²) in [6.45, 7) is 5.35. The molecule has 0 atom stereocenters. The molecule has 3 rings (SSSR count). The first-order valence-electron chi connectivity index (χ1n) is 7.44. The lowest BCUT2D eigenvalue weighted by Crippen LogP contribution is -1.94. The van der Waals surface area contributed by atoms with Crippen molar-refractivity contribution < 1.29 is 9.18 Å². The van der Waals surface area contributed by atoms with Crippen molar-refractivity contribution in [3.05, 3.63) is 47.5 Å². The number of aldehydes is 1. The molecule has 0 aliphatic heterocycles. The van der Waals surface area contributed by atoms with E-state index in [1.54, 1.807) is 12.3 Å². The number of nitrogens with zero attached hydrogens (tertiary/aromatic N) is 1. The first kappa shape index (κ1) is 16.7. The molecular weight excluding hydrogens is 293 g/mol. The number of nitrogens with one attached hydrogen (secondary N) is 1. The van der Waals surface area contributed by atoms with Crippen molar-refractivity contribution in [1.29, 1.82) is 0 Å². The number of halogens is 1. The minimum atomic E-state index is -0.174. The van der Waals surface area contributed by atoms with Crippen molar-refractivity contribution in [3.8, 4) is 11.1 Å². The average Bonchev–Trinajstić information content (AvgIpc) is 2.82. The SMILES string of the molecule is CC=O.CCc1cc2c(-c3cccnc3N)c(C)[nH]c2cc1F. The highest BCUT2D eigenvalue weighted by molar-refractivity contribution is 6.00. The zero-order valence-electron chi connectivity index (χ0n) is 13.5. The number of hydrogen-bond acceptors (Lipinski definition) is 3. The normalized spacial score (nSPS) is 10.3. The molecule has 0 unspecified atom stereocenters. The van der Waals surface area contributed by atoms with E-state index >= 15 is 0 Å². The van der Waals surface area contributed by atoms with Crippen molar-refractivity contribution in [3.63, 3.8) is 0 Å². The van der Waals surface area contributed by atoms with Crippen molar-refractivity contribution >= 4 is 23.0 Å². The van der Waals surface area contributed by atoms with E-state index in [9.17, 15) is 4.39 Å². The first-order valence-corrected chi connectivity index (χ1v) is 7.44. The Labute approximate surface area is 134 Å². The Kier molecular flexibility index (Phi) is 5.11. The molecule has 3 N–H and O–H groups in total. The molecule has 1 aromatic carbocycles.